The summed E-state index contributed by atoms with van der Waals surface area (Å²) in [7, 11) is 0. The van der Waals surface area contributed by atoms with Gasteiger partial charge >= 0.3 is 0 Å². The molecule has 1 amide bonds. The molecule has 7 nitrogen and oxygen atoms in total. The molecule has 2 aliphatic heterocycles. The highest BCUT2D eigenvalue weighted by molar-refractivity contribution is 6.34. The molecule has 7 heteroatoms. The van der Waals surface area contributed by atoms with Gasteiger partial charge in [-0.1, -0.05) is 12.1 Å². The second-order valence-corrected chi connectivity index (χ2v) is 4.44. The fourth-order valence-corrected chi connectivity index (χ4v) is 2.10. The second-order valence-electron chi connectivity index (χ2n) is 4.44. The van der Waals surface area contributed by atoms with E-state index in [-0.39, 0.29) is 11.8 Å². The molecule has 0 aromatic heterocycles. The van der Waals surface area contributed by atoms with Gasteiger partial charge in [0.25, 0.3) is 5.91 Å². The van der Waals surface area contributed by atoms with Gasteiger partial charge in [-0.2, -0.15) is 9.98 Å². The number of nitrogen functional groups attached to an aromatic ring is 1. The number of benzene rings is 1. The number of carbonyl (C=O) groups is 1. The Labute approximate surface area is 114 Å². The zero-order valence-electron chi connectivity index (χ0n) is 10.4. The van der Waals surface area contributed by atoms with Crippen LogP contribution in [0.5, 0.6) is 0 Å². The van der Waals surface area contributed by atoms with Crippen molar-refractivity contribution >= 4 is 29.6 Å². The summed E-state index contributed by atoms with van der Waals surface area (Å²) in [5, 5.41) is 0. The lowest BCUT2D eigenvalue weighted by Gasteiger charge is -2.14. The quantitative estimate of drug-likeness (QED) is 0.646. The van der Waals surface area contributed by atoms with Gasteiger partial charge in [0, 0.05) is 17.5 Å². The lowest BCUT2D eigenvalue weighted by Crippen LogP contribution is -2.24. The molecule has 0 saturated carbocycles. The topological polar surface area (TPSA) is 132 Å². The van der Waals surface area contributed by atoms with E-state index in [0.29, 0.717) is 16.8 Å². The average molecular weight is 268 g/mol. The van der Waals surface area contributed by atoms with Gasteiger partial charge in [0.05, 0.1) is 11.6 Å². The molecule has 2 aliphatic rings. The van der Waals surface area contributed by atoms with Crippen LogP contribution >= 0.6 is 0 Å². The molecule has 1 aromatic rings. The van der Waals surface area contributed by atoms with E-state index in [4.69, 9.17) is 17.2 Å². The summed E-state index contributed by atoms with van der Waals surface area (Å²) in [5.74, 6) is -0.289. The number of hydrogen-bond acceptors (Lipinski definition) is 6. The van der Waals surface area contributed by atoms with Crippen LogP contribution in [0.15, 0.2) is 50.4 Å². The van der Waals surface area contributed by atoms with Gasteiger partial charge in [0.1, 0.15) is 0 Å². The van der Waals surface area contributed by atoms with Crippen molar-refractivity contribution in [2.24, 2.45) is 26.4 Å². The second kappa shape index (κ2) is 4.39. The Kier molecular flexibility index (Phi) is 2.69. The minimum absolute atomic E-state index is 0.0896. The van der Waals surface area contributed by atoms with Crippen LogP contribution in [0.25, 0.3) is 0 Å². The lowest BCUT2D eigenvalue weighted by atomic mass is 9.96. The molecule has 20 heavy (non-hydrogen) atoms. The molecule has 0 radical (unpaired) electrons. The van der Waals surface area contributed by atoms with Crippen LogP contribution < -0.4 is 17.2 Å². The van der Waals surface area contributed by atoms with Crippen LogP contribution in [-0.4, -0.2) is 23.9 Å². The number of amidine groups is 1. The van der Waals surface area contributed by atoms with Crippen LogP contribution in [0.1, 0.15) is 11.6 Å². The molecular weight excluding hydrogens is 256 g/mol. The van der Waals surface area contributed by atoms with Crippen LogP contribution in [0.4, 0.5) is 5.69 Å². The third-order valence-electron chi connectivity index (χ3n) is 3.12. The van der Waals surface area contributed by atoms with Crippen molar-refractivity contribution < 1.29 is 4.79 Å². The third-order valence-corrected chi connectivity index (χ3v) is 3.12. The largest absolute Gasteiger partial charge is 0.399 e. The fourth-order valence-electron chi connectivity index (χ4n) is 2.10. The maximum atomic E-state index is 11.9. The number of guanidine groups is 1. The first-order valence-corrected chi connectivity index (χ1v) is 5.93. The molecule has 1 aromatic carbocycles. The smallest absolute Gasteiger partial charge is 0.284 e. The molecule has 6 N–H and O–H groups in total. The summed E-state index contributed by atoms with van der Waals surface area (Å²) in [6.07, 6.45) is 1.53. The molecule has 0 saturated heterocycles. The highest BCUT2D eigenvalue weighted by Crippen LogP contribution is 2.27. The Balaban J connectivity index is 2.03. The van der Waals surface area contributed by atoms with Crippen molar-refractivity contribution in [3.05, 3.63) is 41.0 Å². The number of aliphatic imine (C=N–C) groups is 3. The van der Waals surface area contributed by atoms with Gasteiger partial charge in [-0.25, -0.2) is 4.99 Å². The summed E-state index contributed by atoms with van der Waals surface area (Å²) >= 11 is 0. The number of rotatable bonds is 2. The Hall–Kier alpha value is -2.80. The Morgan fingerprint density at radius 2 is 1.75 bits per heavy atom. The lowest BCUT2D eigenvalue weighted by molar-refractivity contribution is -0.114. The van der Waals surface area contributed by atoms with Crippen LogP contribution in [0.3, 0.4) is 0 Å². The van der Waals surface area contributed by atoms with E-state index in [1.807, 2.05) is 12.1 Å². The first kappa shape index (κ1) is 12.2. The predicted octanol–water partition coefficient (Wildman–Crippen LogP) is -0.0970. The van der Waals surface area contributed by atoms with Crippen molar-refractivity contribution in [2.45, 2.75) is 6.04 Å². The minimum Gasteiger partial charge on any atom is -0.399 e. The first-order chi connectivity index (χ1) is 9.56. The fraction of sp³-hybridized carbons (Fsp3) is 0.0769. The minimum atomic E-state index is -0.500. The van der Waals surface area contributed by atoms with Gasteiger partial charge < -0.3 is 17.2 Å². The van der Waals surface area contributed by atoms with Gasteiger partial charge in [-0.05, 0) is 17.7 Å². The number of anilines is 1. The molecule has 3 rings (SSSR count). The molecule has 2 heterocycles. The normalized spacial score (nSPS) is 18.8. The van der Waals surface area contributed by atoms with Crippen LogP contribution in [-0.2, 0) is 4.79 Å². The Morgan fingerprint density at radius 3 is 2.45 bits per heavy atom. The summed E-state index contributed by atoms with van der Waals surface area (Å²) in [6.45, 7) is 0. The summed E-state index contributed by atoms with van der Waals surface area (Å²) in [5.41, 5.74) is 19.6. The number of fused-ring (bicyclic) bond motifs is 1. The van der Waals surface area contributed by atoms with E-state index in [1.54, 1.807) is 12.1 Å². The van der Waals surface area contributed by atoms with Crippen molar-refractivity contribution in [3.63, 3.8) is 0 Å². The highest BCUT2D eigenvalue weighted by Gasteiger charge is 2.30. The molecular formula is C13H12N6O. The molecule has 1 atom stereocenters. The number of carbonyl (C=O) groups excluding carboxylic acids is 1. The van der Waals surface area contributed by atoms with Gasteiger partial charge in [0.15, 0.2) is 5.84 Å². The van der Waals surface area contributed by atoms with E-state index < -0.39 is 11.9 Å². The molecule has 0 aliphatic carbocycles. The van der Waals surface area contributed by atoms with E-state index >= 15 is 0 Å². The molecule has 100 valence electrons. The van der Waals surface area contributed by atoms with E-state index in [9.17, 15) is 4.79 Å². The highest BCUT2D eigenvalue weighted by atomic mass is 16.1. The third kappa shape index (κ3) is 1.90. The zero-order valence-corrected chi connectivity index (χ0v) is 10.4. The first-order valence-electron chi connectivity index (χ1n) is 5.93. The maximum absolute atomic E-state index is 11.9. The molecule has 1 unspecified atom stereocenters. The van der Waals surface area contributed by atoms with Gasteiger partial charge in [0.2, 0.25) is 5.96 Å². The van der Waals surface area contributed by atoms with Crippen molar-refractivity contribution in [1.82, 2.24) is 0 Å². The average Bonchev–Trinajstić information content (AvgIpc) is 2.82. The van der Waals surface area contributed by atoms with Crippen LogP contribution in [0, 0.1) is 0 Å². The molecule has 0 spiro atoms. The van der Waals surface area contributed by atoms with E-state index in [1.165, 1.54) is 6.21 Å². The molecule has 0 bridgehead atoms. The molecule has 0 fully saturated rings. The maximum Gasteiger partial charge on any atom is 0.284 e. The van der Waals surface area contributed by atoms with Gasteiger partial charge in [-0.15, -0.1) is 0 Å². The summed E-state index contributed by atoms with van der Waals surface area (Å²) in [4.78, 5) is 23.5. The Bertz CT molecular complexity index is 711. The van der Waals surface area contributed by atoms with Crippen LogP contribution in [0.2, 0.25) is 0 Å². The van der Waals surface area contributed by atoms with Crippen molar-refractivity contribution in [1.29, 1.82) is 0 Å². The summed E-state index contributed by atoms with van der Waals surface area (Å²) < 4.78 is 0. The number of hydrogen-bond donors (Lipinski definition) is 3. The van der Waals surface area contributed by atoms with Gasteiger partial charge in [-0.3, -0.25) is 4.79 Å². The number of amides is 1. The number of nitrogens with zero attached hydrogens (tertiary/aromatic N) is 3. The SMILES string of the molecule is NC1=NC(=O)C2=C(C(N)c3ccc(N)cc3)C=NC2=N1. The number of nitrogens with two attached hydrogens (primary N) is 3. The monoisotopic (exact) mass is 268 g/mol. The Morgan fingerprint density at radius 1 is 1.05 bits per heavy atom. The van der Waals surface area contributed by atoms with Crippen molar-refractivity contribution in [3.8, 4) is 0 Å². The standard InChI is InChI=1S/C13H12N6O/c14-7-3-1-6(2-4-7)10(15)8-5-17-11-9(8)12(20)19-13(16)18-11/h1-5,10H,14-15H2,(H2,16,19,20). The summed E-state index contributed by atoms with van der Waals surface area (Å²) in [6, 6.07) is 6.62. The zero-order chi connectivity index (χ0) is 14.3. The van der Waals surface area contributed by atoms with Crippen molar-refractivity contribution in [2.75, 3.05) is 5.73 Å². The van der Waals surface area contributed by atoms with E-state index in [2.05, 4.69) is 15.0 Å². The predicted molar refractivity (Wildman–Crippen MR) is 77.4 cm³/mol. The van der Waals surface area contributed by atoms with E-state index in [0.717, 1.165) is 5.56 Å².